The molecular weight excluding hydrogens is 284 g/mol. The topological polar surface area (TPSA) is 78.9 Å². The van der Waals surface area contributed by atoms with Gasteiger partial charge in [-0.3, -0.25) is 4.79 Å². The maximum Gasteiger partial charge on any atom is 0.317 e. The van der Waals surface area contributed by atoms with E-state index in [-0.39, 0.29) is 18.7 Å². The van der Waals surface area contributed by atoms with Crippen LogP contribution in [0.15, 0.2) is 30.3 Å². The van der Waals surface area contributed by atoms with Crippen LogP contribution in [0.3, 0.4) is 0 Å². The van der Waals surface area contributed by atoms with Crippen molar-refractivity contribution in [1.29, 1.82) is 0 Å². The van der Waals surface area contributed by atoms with Crippen molar-refractivity contribution in [2.24, 2.45) is 5.41 Å². The Morgan fingerprint density at radius 2 is 2.09 bits per heavy atom. The maximum atomic E-state index is 12.1. The molecule has 1 aliphatic rings. The van der Waals surface area contributed by atoms with Crippen LogP contribution in [0.4, 0.5) is 4.79 Å². The SMILES string of the molecule is CC(CNC(=O)N1CCC(C)(C(=O)O)C1)Oc1ccccc1. The average molecular weight is 306 g/mol. The van der Waals surface area contributed by atoms with Crippen molar-refractivity contribution in [2.45, 2.75) is 26.4 Å². The summed E-state index contributed by atoms with van der Waals surface area (Å²) in [5, 5.41) is 12.0. The van der Waals surface area contributed by atoms with Gasteiger partial charge in [-0.05, 0) is 32.4 Å². The van der Waals surface area contributed by atoms with E-state index in [0.717, 1.165) is 5.75 Å². The van der Waals surface area contributed by atoms with E-state index in [2.05, 4.69) is 5.32 Å². The molecule has 2 N–H and O–H groups in total. The lowest BCUT2D eigenvalue weighted by atomic mass is 9.90. The van der Waals surface area contributed by atoms with Crippen molar-refractivity contribution in [1.82, 2.24) is 10.2 Å². The summed E-state index contributed by atoms with van der Waals surface area (Å²) < 4.78 is 5.68. The number of ether oxygens (including phenoxy) is 1. The van der Waals surface area contributed by atoms with Gasteiger partial charge >= 0.3 is 12.0 Å². The van der Waals surface area contributed by atoms with Crippen LogP contribution >= 0.6 is 0 Å². The zero-order valence-electron chi connectivity index (χ0n) is 12.9. The normalized spacial score (nSPS) is 22.2. The first-order chi connectivity index (χ1) is 10.4. The zero-order chi connectivity index (χ0) is 16.2. The van der Waals surface area contributed by atoms with Gasteiger partial charge < -0.3 is 20.1 Å². The minimum atomic E-state index is -0.858. The second-order valence-electron chi connectivity index (χ2n) is 5.96. The van der Waals surface area contributed by atoms with Gasteiger partial charge in [0.05, 0.1) is 12.0 Å². The van der Waals surface area contributed by atoms with Crippen molar-refractivity contribution in [2.75, 3.05) is 19.6 Å². The summed E-state index contributed by atoms with van der Waals surface area (Å²) in [6, 6.07) is 9.16. The number of para-hydroxylation sites is 1. The molecule has 1 saturated heterocycles. The Balaban J connectivity index is 1.77. The molecule has 1 fully saturated rings. The molecule has 1 heterocycles. The van der Waals surface area contributed by atoms with E-state index in [4.69, 9.17) is 4.74 Å². The molecule has 0 saturated carbocycles. The average Bonchev–Trinajstić information content (AvgIpc) is 2.90. The molecule has 2 unspecified atom stereocenters. The Labute approximate surface area is 130 Å². The van der Waals surface area contributed by atoms with Crippen LogP contribution in [0.5, 0.6) is 5.75 Å². The number of carbonyl (C=O) groups is 2. The molecule has 0 aromatic heterocycles. The summed E-state index contributed by atoms with van der Waals surface area (Å²) in [4.78, 5) is 24.8. The van der Waals surface area contributed by atoms with E-state index < -0.39 is 11.4 Å². The number of hydrogen-bond donors (Lipinski definition) is 2. The Hall–Kier alpha value is -2.24. The first-order valence-electron chi connectivity index (χ1n) is 7.38. The van der Waals surface area contributed by atoms with Crippen molar-refractivity contribution in [3.63, 3.8) is 0 Å². The maximum absolute atomic E-state index is 12.1. The fourth-order valence-corrected chi connectivity index (χ4v) is 2.42. The quantitative estimate of drug-likeness (QED) is 0.871. The number of amides is 2. The van der Waals surface area contributed by atoms with Gasteiger partial charge in [-0.15, -0.1) is 0 Å². The summed E-state index contributed by atoms with van der Waals surface area (Å²) in [5.74, 6) is -0.104. The molecule has 0 bridgehead atoms. The van der Waals surface area contributed by atoms with Gasteiger partial charge in [0.1, 0.15) is 11.9 Å². The number of benzene rings is 1. The first-order valence-corrected chi connectivity index (χ1v) is 7.38. The third-order valence-corrected chi connectivity index (χ3v) is 3.90. The minimum absolute atomic E-state index is 0.167. The largest absolute Gasteiger partial charge is 0.489 e. The van der Waals surface area contributed by atoms with Crippen molar-refractivity contribution >= 4 is 12.0 Å². The minimum Gasteiger partial charge on any atom is -0.489 e. The highest BCUT2D eigenvalue weighted by Gasteiger charge is 2.42. The van der Waals surface area contributed by atoms with Crippen LogP contribution in [-0.4, -0.2) is 47.7 Å². The fraction of sp³-hybridized carbons (Fsp3) is 0.500. The smallest absolute Gasteiger partial charge is 0.317 e. The van der Waals surface area contributed by atoms with Crippen LogP contribution in [0.2, 0.25) is 0 Å². The van der Waals surface area contributed by atoms with Crippen LogP contribution in [0.25, 0.3) is 0 Å². The number of hydrogen-bond acceptors (Lipinski definition) is 3. The van der Waals surface area contributed by atoms with Gasteiger partial charge in [-0.2, -0.15) is 0 Å². The number of carbonyl (C=O) groups excluding carboxylic acids is 1. The Bertz CT molecular complexity index is 534. The number of carboxylic acid groups (broad SMARTS) is 1. The van der Waals surface area contributed by atoms with Gasteiger partial charge in [0.25, 0.3) is 0 Å². The molecular formula is C16H22N2O4. The zero-order valence-corrected chi connectivity index (χ0v) is 12.9. The third-order valence-electron chi connectivity index (χ3n) is 3.90. The number of nitrogens with one attached hydrogen (secondary N) is 1. The monoisotopic (exact) mass is 306 g/mol. The molecule has 0 spiro atoms. The molecule has 22 heavy (non-hydrogen) atoms. The molecule has 6 heteroatoms. The highest BCUT2D eigenvalue weighted by Crippen LogP contribution is 2.29. The van der Waals surface area contributed by atoms with Crippen LogP contribution in [0.1, 0.15) is 20.3 Å². The Kier molecular flexibility index (Phi) is 4.90. The summed E-state index contributed by atoms with van der Waals surface area (Å²) in [7, 11) is 0. The number of likely N-dealkylation sites (tertiary alicyclic amines) is 1. The van der Waals surface area contributed by atoms with E-state index in [1.165, 1.54) is 0 Å². The third kappa shape index (κ3) is 3.90. The predicted octanol–water partition coefficient (Wildman–Crippen LogP) is 1.96. The van der Waals surface area contributed by atoms with Gasteiger partial charge in [0, 0.05) is 13.1 Å². The van der Waals surface area contributed by atoms with Gasteiger partial charge in [-0.25, -0.2) is 4.79 Å². The molecule has 2 atom stereocenters. The number of aliphatic carboxylic acids is 1. The van der Waals surface area contributed by atoms with Crippen molar-refractivity contribution in [3.05, 3.63) is 30.3 Å². The number of nitrogens with zero attached hydrogens (tertiary/aromatic N) is 1. The Morgan fingerprint density at radius 3 is 2.68 bits per heavy atom. The molecule has 0 aliphatic carbocycles. The lowest BCUT2D eigenvalue weighted by Gasteiger charge is -2.22. The van der Waals surface area contributed by atoms with E-state index in [1.807, 2.05) is 37.3 Å². The summed E-state index contributed by atoms with van der Waals surface area (Å²) in [6.07, 6.45) is 0.311. The van der Waals surface area contributed by atoms with Gasteiger partial charge in [0.2, 0.25) is 0 Å². The molecule has 120 valence electrons. The van der Waals surface area contributed by atoms with Crippen LogP contribution in [-0.2, 0) is 4.79 Å². The summed E-state index contributed by atoms with van der Waals surface area (Å²) >= 11 is 0. The second kappa shape index (κ2) is 6.68. The Morgan fingerprint density at radius 1 is 1.41 bits per heavy atom. The molecule has 2 rings (SSSR count). The number of rotatable bonds is 5. The van der Waals surface area contributed by atoms with E-state index in [0.29, 0.717) is 19.5 Å². The van der Waals surface area contributed by atoms with E-state index in [1.54, 1.807) is 11.8 Å². The lowest BCUT2D eigenvalue weighted by molar-refractivity contribution is -0.147. The first kappa shape index (κ1) is 16.1. The summed E-state index contributed by atoms with van der Waals surface area (Å²) in [6.45, 7) is 4.61. The molecule has 0 radical (unpaired) electrons. The standard InChI is InChI=1S/C16H22N2O4/c1-12(22-13-6-4-3-5-7-13)10-17-15(21)18-9-8-16(2,11-18)14(19)20/h3-7,12H,8-11H2,1-2H3,(H,17,21)(H,19,20). The number of carboxylic acids is 1. The fourth-order valence-electron chi connectivity index (χ4n) is 2.42. The summed E-state index contributed by atoms with van der Waals surface area (Å²) in [5.41, 5.74) is -0.844. The van der Waals surface area contributed by atoms with Crippen LogP contribution in [0, 0.1) is 5.41 Å². The highest BCUT2D eigenvalue weighted by atomic mass is 16.5. The molecule has 1 aliphatic heterocycles. The highest BCUT2D eigenvalue weighted by molar-refractivity contribution is 5.79. The van der Waals surface area contributed by atoms with Crippen molar-refractivity contribution < 1.29 is 19.4 Å². The van der Waals surface area contributed by atoms with Crippen LogP contribution < -0.4 is 10.1 Å². The molecule has 6 nitrogen and oxygen atoms in total. The second-order valence-corrected chi connectivity index (χ2v) is 5.96. The van der Waals surface area contributed by atoms with Crippen molar-refractivity contribution in [3.8, 4) is 5.75 Å². The molecule has 2 amide bonds. The van der Waals surface area contributed by atoms with E-state index in [9.17, 15) is 14.7 Å². The number of urea groups is 1. The van der Waals surface area contributed by atoms with Gasteiger partial charge in [-0.1, -0.05) is 18.2 Å². The molecule has 1 aromatic rings. The lowest BCUT2D eigenvalue weighted by Crippen LogP contribution is -2.43. The predicted molar refractivity (Wildman–Crippen MR) is 81.9 cm³/mol. The molecule has 1 aromatic carbocycles. The van der Waals surface area contributed by atoms with E-state index >= 15 is 0 Å². The van der Waals surface area contributed by atoms with Gasteiger partial charge in [0.15, 0.2) is 0 Å².